The van der Waals surface area contributed by atoms with Gasteiger partial charge in [-0.1, -0.05) is 0 Å². The summed E-state index contributed by atoms with van der Waals surface area (Å²) in [5.74, 6) is -0.324. The second kappa shape index (κ2) is 5.81. The first-order valence-corrected chi connectivity index (χ1v) is 4.53. The number of nitrogens with two attached hydrogens (primary N) is 1. The van der Waals surface area contributed by atoms with Crippen LogP contribution in [-0.4, -0.2) is 35.2 Å². The first kappa shape index (κ1) is 12.1. The van der Waals surface area contributed by atoms with E-state index in [0.717, 1.165) is 6.33 Å². The van der Waals surface area contributed by atoms with Crippen LogP contribution in [-0.2, 0) is 4.74 Å². The predicted octanol–water partition coefficient (Wildman–Crippen LogP) is 0.382. The van der Waals surface area contributed by atoms with Crippen molar-refractivity contribution in [2.24, 2.45) is 0 Å². The molecule has 0 saturated carbocycles. The highest BCUT2D eigenvalue weighted by Gasteiger charge is 2.22. The Morgan fingerprint density at radius 3 is 2.88 bits per heavy atom. The van der Waals surface area contributed by atoms with Crippen LogP contribution in [0.1, 0.15) is 6.42 Å². The molecule has 8 heteroatoms. The number of hydrogen-bond acceptors (Lipinski definition) is 7. The fourth-order valence-corrected chi connectivity index (χ4v) is 1.02. The van der Waals surface area contributed by atoms with Gasteiger partial charge >= 0.3 is 5.69 Å². The smallest absolute Gasteiger partial charge is 0.372 e. The molecule has 0 aliphatic rings. The van der Waals surface area contributed by atoms with Crippen LogP contribution in [0.4, 0.5) is 11.5 Å². The van der Waals surface area contributed by atoms with Crippen molar-refractivity contribution in [2.75, 3.05) is 26.1 Å². The van der Waals surface area contributed by atoms with Crippen molar-refractivity contribution in [3.8, 4) is 5.88 Å². The van der Waals surface area contributed by atoms with Gasteiger partial charge in [-0.15, -0.1) is 0 Å². The van der Waals surface area contributed by atoms with Crippen molar-refractivity contribution < 1.29 is 14.4 Å². The lowest BCUT2D eigenvalue weighted by molar-refractivity contribution is -0.385. The zero-order valence-corrected chi connectivity index (χ0v) is 8.75. The molecule has 0 fully saturated rings. The number of nitrogen functional groups attached to an aromatic ring is 1. The molecule has 0 aliphatic carbocycles. The van der Waals surface area contributed by atoms with E-state index in [2.05, 4.69) is 9.97 Å². The molecule has 0 amide bonds. The number of nitrogens with zero attached hydrogens (tertiary/aromatic N) is 3. The van der Waals surface area contributed by atoms with E-state index >= 15 is 0 Å². The summed E-state index contributed by atoms with van der Waals surface area (Å²) in [4.78, 5) is 17.2. The molecule has 1 aromatic heterocycles. The third-order valence-electron chi connectivity index (χ3n) is 1.73. The first-order chi connectivity index (χ1) is 7.66. The molecule has 2 N–H and O–H groups in total. The van der Waals surface area contributed by atoms with Gasteiger partial charge in [-0.2, -0.15) is 4.98 Å². The molecule has 0 aliphatic heterocycles. The maximum absolute atomic E-state index is 10.7. The standard InChI is InChI=1S/C8H12N4O4/c1-15-3-2-4-16-8-6(12(13)14)7(9)10-5-11-8/h5H,2-4H2,1H3,(H2,9,10,11). The fourth-order valence-electron chi connectivity index (χ4n) is 1.02. The molecule has 0 unspecified atom stereocenters. The van der Waals surface area contributed by atoms with Crippen molar-refractivity contribution in [1.29, 1.82) is 0 Å². The van der Waals surface area contributed by atoms with E-state index in [9.17, 15) is 10.1 Å². The summed E-state index contributed by atoms with van der Waals surface area (Å²) in [5.41, 5.74) is 4.95. The summed E-state index contributed by atoms with van der Waals surface area (Å²) in [6, 6.07) is 0. The van der Waals surface area contributed by atoms with E-state index < -0.39 is 10.6 Å². The van der Waals surface area contributed by atoms with Gasteiger partial charge in [-0.25, -0.2) is 4.98 Å². The molecule has 0 atom stereocenters. The van der Waals surface area contributed by atoms with Gasteiger partial charge in [0.15, 0.2) is 0 Å². The molecular formula is C8H12N4O4. The fraction of sp³-hybridized carbons (Fsp3) is 0.500. The minimum absolute atomic E-state index is 0.117. The highest BCUT2D eigenvalue weighted by atomic mass is 16.6. The summed E-state index contributed by atoms with van der Waals surface area (Å²) in [5, 5.41) is 10.7. The zero-order valence-electron chi connectivity index (χ0n) is 8.75. The lowest BCUT2D eigenvalue weighted by Crippen LogP contribution is -2.07. The summed E-state index contributed by atoms with van der Waals surface area (Å²) in [6.45, 7) is 0.777. The zero-order chi connectivity index (χ0) is 12.0. The van der Waals surface area contributed by atoms with Gasteiger partial charge in [0.1, 0.15) is 6.33 Å². The van der Waals surface area contributed by atoms with Gasteiger partial charge < -0.3 is 15.2 Å². The number of ether oxygens (including phenoxy) is 2. The van der Waals surface area contributed by atoms with Crippen molar-refractivity contribution in [1.82, 2.24) is 9.97 Å². The summed E-state index contributed by atoms with van der Waals surface area (Å²) in [6.07, 6.45) is 1.73. The lowest BCUT2D eigenvalue weighted by atomic mass is 10.4. The van der Waals surface area contributed by atoms with E-state index in [1.54, 1.807) is 7.11 Å². The maximum Gasteiger partial charge on any atom is 0.372 e. The Hall–Kier alpha value is -1.96. The van der Waals surface area contributed by atoms with E-state index in [-0.39, 0.29) is 18.3 Å². The predicted molar refractivity (Wildman–Crippen MR) is 55.1 cm³/mol. The van der Waals surface area contributed by atoms with E-state index in [0.29, 0.717) is 13.0 Å². The Morgan fingerprint density at radius 1 is 1.50 bits per heavy atom. The number of nitro groups is 1. The van der Waals surface area contributed by atoms with Crippen molar-refractivity contribution in [3.63, 3.8) is 0 Å². The summed E-state index contributed by atoms with van der Waals surface area (Å²) in [7, 11) is 1.56. The number of rotatable bonds is 6. The van der Waals surface area contributed by atoms with Crippen LogP contribution >= 0.6 is 0 Å². The Morgan fingerprint density at radius 2 is 2.25 bits per heavy atom. The highest BCUT2D eigenvalue weighted by Crippen LogP contribution is 2.28. The van der Waals surface area contributed by atoms with Gasteiger partial charge in [-0.3, -0.25) is 10.1 Å². The number of hydrogen-bond donors (Lipinski definition) is 1. The average molecular weight is 228 g/mol. The second-order valence-electron chi connectivity index (χ2n) is 2.86. The summed E-state index contributed by atoms with van der Waals surface area (Å²) >= 11 is 0. The second-order valence-corrected chi connectivity index (χ2v) is 2.86. The Kier molecular flexibility index (Phi) is 4.40. The van der Waals surface area contributed by atoms with Crippen molar-refractivity contribution in [3.05, 3.63) is 16.4 Å². The largest absolute Gasteiger partial charge is 0.473 e. The van der Waals surface area contributed by atoms with Crippen molar-refractivity contribution >= 4 is 11.5 Å². The molecule has 1 aromatic rings. The Bertz CT molecular complexity index is 371. The van der Waals surface area contributed by atoms with Crippen molar-refractivity contribution in [2.45, 2.75) is 6.42 Å². The van der Waals surface area contributed by atoms with Gasteiger partial charge in [0.05, 0.1) is 11.5 Å². The lowest BCUT2D eigenvalue weighted by Gasteiger charge is -2.05. The minimum atomic E-state index is -0.666. The number of aromatic nitrogens is 2. The first-order valence-electron chi connectivity index (χ1n) is 4.53. The topological polar surface area (TPSA) is 113 Å². The molecule has 1 rings (SSSR count). The van der Waals surface area contributed by atoms with Crippen LogP contribution in [0.3, 0.4) is 0 Å². The average Bonchev–Trinajstić information content (AvgIpc) is 2.24. The van der Waals surface area contributed by atoms with Gasteiger partial charge in [0.25, 0.3) is 5.88 Å². The highest BCUT2D eigenvalue weighted by molar-refractivity contribution is 5.57. The molecule has 1 heterocycles. The number of anilines is 1. The van der Waals surface area contributed by atoms with E-state index in [4.69, 9.17) is 15.2 Å². The van der Waals surface area contributed by atoms with Crippen LogP contribution in [0.15, 0.2) is 6.33 Å². The Labute approximate surface area is 91.6 Å². The van der Waals surface area contributed by atoms with Gasteiger partial charge in [0.2, 0.25) is 5.82 Å². The monoisotopic (exact) mass is 228 g/mol. The third-order valence-corrected chi connectivity index (χ3v) is 1.73. The summed E-state index contributed by atoms with van der Waals surface area (Å²) < 4.78 is 9.94. The quantitative estimate of drug-likeness (QED) is 0.425. The maximum atomic E-state index is 10.7. The molecule has 0 aromatic carbocycles. The molecule has 16 heavy (non-hydrogen) atoms. The normalized spacial score (nSPS) is 10.1. The molecule has 8 nitrogen and oxygen atoms in total. The molecule has 0 saturated heterocycles. The Balaban J connectivity index is 2.71. The van der Waals surface area contributed by atoms with Gasteiger partial charge in [-0.05, 0) is 0 Å². The van der Waals surface area contributed by atoms with Crippen LogP contribution < -0.4 is 10.5 Å². The molecule has 0 radical (unpaired) electrons. The van der Waals surface area contributed by atoms with Crippen LogP contribution in [0.5, 0.6) is 5.88 Å². The molecular weight excluding hydrogens is 216 g/mol. The van der Waals surface area contributed by atoms with Crippen LogP contribution in [0, 0.1) is 10.1 Å². The van der Waals surface area contributed by atoms with Crippen LogP contribution in [0.2, 0.25) is 0 Å². The third kappa shape index (κ3) is 3.02. The number of methoxy groups -OCH3 is 1. The van der Waals surface area contributed by atoms with E-state index in [1.165, 1.54) is 0 Å². The van der Waals surface area contributed by atoms with Crippen LogP contribution in [0.25, 0.3) is 0 Å². The molecule has 88 valence electrons. The SMILES string of the molecule is COCCCOc1ncnc(N)c1[N+](=O)[O-]. The van der Waals surface area contributed by atoms with E-state index in [1.807, 2.05) is 0 Å². The minimum Gasteiger partial charge on any atom is -0.473 e. The molecule has 0 spiro atoms. The molecule has 0 bridgehead atoms. The van der Waals surface area contributed by atoms with Gasteiger partial charge in [0, 0.05) is 20.1 Å².